The molecule has 3 unspecified atom stereocenters. The van der Waals surface area contributed by atoms with Crippen LogP contribution in [0.3, 0.4) is 0 Å². The Hall–Kier alpha value is -1.43. The van der Waals surface area contributed by atoms with E-state index in [1.54, 1.807) is 6.92 Å². The molecule has 5 heteroatoms. The third-order valence-corrected chi connectivity index (χ3v) is 3.81. The van der Waals surface area contributed by atoms with Gasteiger partial charge in [-0.2, -0.15) is 0 Å². The number of hydrazine groups is 1. The van der Waals surface area contributed by atoms with Crippen LogP contribution in [0, 0.1) is 5.92 Å². The van der Waals surface area contributed by atoms with E-state index in [9.17, 15) is 9.90 Å². The van der Waals surface area contributed by atoms with Crippen molar-refractivity contribution in [3.63, 3.8) is 0 Å². The summed E-state index contributed by atoms with van der Waals surface area (Å²) >= 11 is 0. The standard InChI is InChI=1S/C14H21N3O2/c1-10(18)12-7-8-17(9-12)13(14(19)16-15)11-5-3-2-4-6-11/h2-6,10,12-13,18H,7-9,15H2,1H3,(H,16,19). The monoisotopic (exact) mass is 263 g/mol. The Morgan fingerprint density at radius 1 is 1.47 bits per heavy atom. The molecule has 1 amide bonds. The molecular formula is C14H21N3O2. The molecule has 3 atom stereocenters. The molecule has 0 saturated carbocycles. The van der Waals surface area contributed by atoms with E-state index in [-0.39, 0.29) is 24.0 Å². The van der Waals surface area contributed by atoms with Crippen LogP contribution in [0.25, 0.3) is 0 Å². The van der Waals surface area contributed by atoms with Crippen molar-refractivity contribution in [3.8, 4) is 0 Å². The third kappa shape index (κ3) is 3.12. The number of nitrogens with two attached hydrogens (primary N) is 1. The molecular weight excluding hydrogens is 242 g/mol. The average Bonchev–Trinajstić information content (AvgIpc) is 2.89. The van der Waals surface area contributed by atoms with E-state index < -0.39 is 0 Å². The Labute approximate surface area is 113 Å². The maximum atomic E-state index is 12.0. The van der Waals surface area contributed by atoms with Crippen molar-refractivity contribution >= 4 is 5.91 Å². The van der Waals surface area contributed by atoms with Gasteiger partial charge in [-0.05, 0) is 31.4 Å². The van der Waals surface area contributed by atoms with Crippen LogP contribution in [0.4, 0.5) is 0 Å². The van der Waals surface area contributed by atoms with Gasteiger partial charge in [0.2, 0.25) is 0 Å². The van der Waals surface area contributed by atoms with Crippen molar-refractivity contribution in [2.24, 2.45) is 11.8 Å². The minimum absolute atomic E-state index is 0.211. The fourth-order valence-corrected chi connectivity index (χ4v) is 2.69. The predicted molar refractivity (Wildman–Crippen MR) is 72.9 cm³/mol. The van der Waals surface area contributed by atoms with Crippen LogP contribution >= 0.6 is 0 Å². The molecule has 1 aliphatic rings. The summed E-state index contributed by atoms with van der Waals surface area (Å²) in [4.78, 5) is 14.1. The lowest BCUT2D eigenvalue weighted by atomic mass is 10.0. The van der Waals surface area contributed by atoms with Gasteiger partial charge < -0.3 is 5.11 Å². The van der Waals surface area contributed by atoms with Gasteiger partial charge in [0.1, 0.15) is 6.04 Å². The van der Waals surface area contributed by atoms with Gasteiger partial charge in [0.05, 0.1) is 6.10 Å². The van der Waals surface area contributed by atoms with Gasteiger partial charge >= 0.3 is 0 Å². The number of hydrogen-bond donors (Lipinski definition) is 3. The summed E-state index contributed by atoms with van der Waals surface area (Å²) in [6.45, 7) is 3.31. The molecule has 1 saturated heterocycles. The highest BCUT2D eigenvalue weighted by Crippen LogP contribution is 2.29. The number of carbonyl (C=O) groups excluding carboxylic acids is 1. The normalized spacial score (nSPS) is 23.0. The summed E-state index contributed by atoms with van der Waals surface area (Å²) < 4.78 is 0. The highest BCUT2D eigenvalue weighted by molar-refractivity contribution is 5.82. The maximum Gasteiger partial charge on any atom is 0.255 e. The van der Waals surface area contributed by atoms with E-state index in [1.807, 2.05) is 30.3 Å². The third-order valence-electron chi connectivity index (χ3n) is 3.81. The highest BCUT2D eigenvalue weighted by Gasteiger charge is 2.34. The number of aliphatic hydroxyl groups is 1. The number of rotatable bonds is 4. The predicted octanol–water partition coefficient (Wildman–Crippen LogP) is 0.420. The second-order valence-electron chi connectivity index (χ2n) is 5.11. The molecule has 0 spiro atoms. The van der Waals surface area contributed by atoms with Crippen LogP contribution < -0.4 is 11.3 Å². The molecule has 0 aromatic heterocycles. The highest BCUT2D eigenvalue weighted by atomic mass is 16.3. The van der Waals surface area contributed by atoms with Gasteiger partial charge in [0, 0.05) is 6.54 Å². The number of hydrogen-bond acceptors (Lipinski definition) is 4. The Morgan fingerprint density at radius 2 is 2.16 bits per heavy atom. The first-order valence-electron chi connectivity index (χ1n) is 6.61. The Morgan fingerprint density at radius 3 is 2.68 bits per heavy atom. The van der Waals surface area contributed by atoms with Crippen molar-refractivity contribution in [1.29, 1.82) is 0 Å². The lowest BCUT2D eigenvalue weighted by molar-refractivity contribution is -0.126. The molecule has 19 heavy (non-hydrogen) atoms. The fourth-order valence-electron chi connectivity index (χ4n) is 2.69. The van der Waals surface area contributed by atoms with E-state index in [1.165, 1.54) is 0 Å². The summed E-state index contributed by atoms with van der Waals surface area (Å²) in [6, 6.07) is 9.21. The first-order chi connectivity index (χ1) is 9.13. The van der Waals surface area contributed by atoms with E-state index in [2.05, 4.69) is 10.3 Å². The van der Waals surface area contributed by atoms with E-state index in [4.69, 9.17) is 5.84 Å². The molecule has 5 nitrogen and oxygen atoms in total. The Balaban J connectivity index is 2.18. The number of amides is 1. The first-order valence-corrected chi connectivity index (χ1v) is 6.61. The molecule has 0 bridgehead atoms. The quantitative estimate of drug-likeness (QED) is 0.418. The molecule has 1 aromatic carbocycles. The molecule has 104 valence electrons. The average molecular weight is 263 g/mol. The van der Waals surface area contributed by atoms with Gasteiger partial charge in [-0.15, -0.1) is 0 Å². The summed E-state index contributed by atoms with van der Waals surface area (Å²) in [5.41, 5.74) is 3.17. The zero-order valence-corrected chi connectivity index (χ0v) is 11.1. The molecule has 1 aliphatic heterocycles. The molecule has 4 N–H and O–H groups in total. The smallest absolute Gasteiger partial charge is 0.255 e. The van der Waals surface area contributed by atoms with Crippen molar-refractivity contribution in [1.82, 2.24) is 10.3 Å². The van der Waals surface area contributed by atoms with Crippen molar-refractivity contribution in [3.05, 3.63) is 35.9 Å². The number of aliphatic hydroxyl groups excluding tert-OH is 1. The zero-order valence-electron chi connectivity index (χ0n) is 11.1. The topological polar surface area (TPSA) is 78.6 Å². The number of carbonyl (C=O) groups is 1. The lowest BCUT2D eigenvalue weighted by Crippen LogP contribution is -2.42. The number of nitrogens with one attached hydrogen (secondary N) is 1. The van der Waals surface area contributed by atoms with Gasteiger partial charge in [-0.1, -0.05) is 30.3 Å². The molecule has 0 radical (unpaired) electrons. The van der Waals surface area contributed by atoms with Crippen LogP contribution in [0.5, 0.6) is 0 Å². The second-order valence-corrected chi connectivity index (χ2v) is 5.11. The molecule has 1 heterocycles. The van der Waals surface area contributed by atoms with Crippen LogP contribution in [-0.2, 0) is 4.79 Å². The summed E-state index contributed by atoms with van der Waals surface area (Å²) in [6.07, 6.45) is 0.557. The minimum Gasteiger partial charge on any atom is -0.393 e. The second kappa shape index (κ2) is 6.14. The van der Waals surface area contributed by atoms with Crippen LogP contribution in [0.2, 0.25) is 0 Å². The van der Waals surface area contributed by atoms with Gasteiger partial charge in [-0.25, -0.2) is 5.84 Å². The van der Waals surface area contributed by atoms with Crippen molar-refractivity contribution in [2.45, 2.75) is 25.5 Å². The van der Waals surface area contributed by atoms with Crippen LogP contribution in [-0.4, -0.2) is 35.1 Å². The van der Waals surface area contributed by atoms with Gasteiger partial charge in [0.15, 0.2) is 0 Å². The number of benzene rings is 1. The fraction of sp³-hybridized carbons (Fsp3) is 0.500. The molecule has 2 rings (SSSR count). The summed E-state index contributed by atoms with van der Waals surface area (Å²) in [5.74, 6) is 5.31. The maximum absolute atomic E-state index is 12.0. The minimum atomic E-state index is -0.380. The van der Waals surface area contributed by atoms with Crippen molar-refractivity contribution < 1.29 is 9.90 Å². The molecule has 1 fully saturated rings. The largest absolute Gasteiger partial charge is 0.393 e. The summed E-state index contributed by atoms with van der Waals surface area (Å²) in [7, 11) is 0. The number of likely N-dealkylation sites (tertiary alicyclic amines) is 1. The van der Waals surface area contributed by atoms with E-state index in [0.717, 1.165) is 18.5 Å². The van der Waals surface area contributed by atoms with Gasteiger partial charge in [0.25, 0.3) is 5.91 Å². The van der Waals surface area contributed by atoms with Gasteiger partial charge in [-0.3, -0.25) is 15.1 Å². The zero-order chi connectivity index (χ0) is 13.8. The summed E-state index contributed by atoms with van der Waals surface area (Å²) in [5, 5.41) is 9.67. The molecule has 1 aromatic rings. The van der Waals surface area contributed by atoms with E-state index in [0.29, 0.717) is 6.54 Å². The number of nitrogens with zero attached hydrogens (tertiary/aromatic N) is 1. The first kappa shape index (κ1) is 14.0. The molecule has 0 aliphatic carbocycles. The van der Waals surface area contributed by atoms with Crippen LogP contribution in [0.15, 0.2) is 30.3 Å². The SMILES string of the molecule is CC(O)C1CCN(C(C(=O)NN)c2ccccc2)C1. The van der Waals surface area contributed by atoms with Crippen LogP contribution in [0.1, 0.15) is 24.9 Å². The Bertz CT molecular complexity index is 422. The Kier molecular flexibility index (Phi) is 4.52. The van der Waals surface area contributed by atoms with Crippen molar-refractivity contribution in [2.75, 3.05) is 13.1 Å². The van der Waals surface area contributed by atoms with E-state index >= 15 is 0 Å². The lowest BCUT2D eigenvalue weighted by Gasteiger charge is -2.27.